The zero-order valence-electron chi connectivity index (χ0n) is 17.6. The topological polar surface area (TPSA) is 99.5 Å². The number of rotatable bonds is 9. The molecule has 1 aliphatic rings. The third-order valence-electron chi connectivity index (χ3n) is 4.77. The number of nitrogens with one attached hydrogen (secondary N) is 1. The number of allylic oxidation sites excluding steroid dienone is 1. The fourth-order valence-corrected chi connectivity index (χ4v) is 4.29. The number of nitrogens with zero attached hydrogens (tertiary/aromatic N) is 2. The van der Waals surface area contributed by atoms with E-state index in [1.807, 2.05) is 18.7 Å². The summed E-state index contributed by atoms with van der Waals surface area (Å²) in [6.07, 6.45) is 1.89. The standard InChI is InChI=1S/C22H27N3O4S/c1-4-10-25(11-5-2)20(27)14-30-21-18(13-23)17(12-19(26)24-21)15-6-8-16(9-7-15)22(28)29-3/h6-9,17H,4-5,10-12,14H2,1-3H3,(H,24,26)/t17-/m1/s1. The molecule has 1 aliphatic heterocycles. The number of ether oxygens (including phenoxy) is 1. The number of carbonyl (C=O) groups excluding carboxylic acids is 3. The van der Waals surface area contributed by atoms with E-state index in [0.29, 0.717) is 29.3 Å². The largest absolute Gasteiger partial charge is 0.465 e. The van der Waals surface area contributed by atoms with Gasteiger partial charge in [0.2, 0.25) is 11.8 Å². The summed E-state index contributed by atoms with van der Waals surface area (Å²) in [6.45, 7) is 5.44. The van der Waals surface area contributed by atoms with Gasteiger partial charge in [-0.2, -0.15) is 5.26 Å². The van der Waals surface area contributed by atoms with E-state index in [1.165, 1.54) is 18.9 Å². The van der Waals surface area contributed by atoms with Gasteiger partial charge in [0.25, 0.3) is 0 Å². The minimum absolute atomic E-state index is 0.00714. The molecule has 2 amide bonds. The average Bonchev–Trinajstić information content (AvgIpc) is 2.76. The summed E-state index contributed by atoms with van der Waals surface area (Å²) in [5, 5.41) is 12.9. The number of esters is 1. The van der Waals surface area contributed by atoms with Crippen LogP contribution in [0, 0.1) is 11.3 Å². The van der Waals surface area contributed by atoms with Gasteiger partial charge in [-0.3, -0.25) is 9.59 Å². The van der Waals surface area contributed by atoms with Gasteiger partial charge in [-0.25, -0.2) is 4.79 Å². The highest BCUT2D eigenvalue weighted by Gasteiger charge is 2.30. The Labute approximate surface area is 181 Å². The molecule has 0 radical (unpaired) electrons. The first-order valence-electron chi connectivity index (χ1n) is 9.98. The van der Waals surface area contributed by atoms with Crippen LogP contribution in [0.3, 0.4) is 0 Å². The Morgan fingerprint density at radius 2 is 1.87 bits per heavy atom. The monoisotopic (exact) mass is 429 g/mol. The lowest BCUT2D eigenvalue weighted by Crippen LogP contribution is -2.35. The second-order valence-corrected chi connectivity index (χ2v) is 7.93. The molecule has 30 heavy (non-hydrogen) atoms. The normalized spacial score (nSPS) is 15.9. The van der Waals surface area contributed by atoms with Gasteiger partial charge in [-0.1, -0.05) is 37.7 Å². The summed E-state index contributed by atoms with van der Waals surface area (Å²) in [7, 11) is 1.31. The second-order valence-electron chi connectivity index (χ2n) is 6.94. The molecule has 1 N–H and O–H groups in total. The van der Waals surface area contributed by atoms with Crippen molar-refractivity contribution in [1.29, 1.82) is 5.26 Å². The van der Waals surface area contributed by atoms with Crippen LogP contribution < -0.4 is 5.32 Å². The van der Waals surface area contributed by atoms with Crippen molar-refractivity contribution < 1.29 is 19.1 Å². The molecular formula is C22H27N3O4S. The summed E-state index contributed by atoms with van der Waals surface area (Å²) < 4.78 is 4.70. The summed E-state index contributed by atoms with van der Waals surface area (Å²) in [5.74, 6) is -0.917. The Kier molecular flexibility index (Phi) is 8.93. The molecule has 0 unspecified atom stereocenters. The molecule has 0 bridgehead atoms. The second kappa shape index (κ2) is 11.4. The number of methoxy groups -OCH3 is 1. The summed E-state index contributed by atoms with van der Waals surface area (Å²) in [6, 6.07) is 8.89. The number of carbonyl (C=O) groups is 3. The van der Waals surface area contributed by atoms with Crippen molar-refractivity contribution in [3.63, 3.8) is 0 Å². The van der Waals surface area contributed by atoms with Gasteiger partial charge in [0.05, 0.1) is 35.1 Å². The van der Waals surface area contributed by atoms with Gasteiger partial charge in [-0.15, -0.1) is 0 Å². The molecule has 1 atom stereocenters. The van der Waals surface area contributed by atoms with E-state index >= 15 is 0 Å². The van der Waals surface area contributed by atoms with Crippen LogP contribution in [0.2, 0.25) is 0 Å². The number of benzene rings is 1. The van der Waals surface area contributed by atoms with Gasteiger partial charge < -0.3 is 15.0 Å². The van der Waals surface area contributed by atoms with Crippen LogP contribution in [0.1, 0.15) is 54.9 Å². The van der Waals surface area contributed by atoms with Gasteiger partial charge in [-0.05, 0) is 30.5 Å². The molecular weight excluding hydrogens is 402 g/mol. The highest BCUT2D eigenvalue weighted by molar-refractivity contribution is 8.03. The fraction of sp³-hybridized carbons (Fsp3) is 0.455. The van der Waals surface area contributed by atoms with Crippen molar-refractivity contribution in [1.82, 2.24) is 10.2 Å². The highest BCUT2D eigenvalue weighted by atomic mass is 32.2. The Hall–Kier alpha value is -2.79. The molecule has 1 aromatic carbocycles. The average molecular weight is 430 g/mol. The number of nitriles is 1. The fourth-order valence-electron chi connectivity index (χ4n) is 3.31. The minimum Gasteiger partial charge on any atom is -0.465 e. The molecule has 0 aromatic heterocycles. The van der Waals surface area contributed by atoms with E-state index < -0.39 is 11.9 Å². The van der Waals surface area contributed by atoms with E-state index in [4.69, 9.17) is 4.74 Å². The van der Waals surface area contributed by atoms with Crippen LogP contribution >= 0.6 is 11.8 Å². The minimum atomic E-state index is -0.447. The van der Waals surface area contributed by atoms with Gasteiger partial charge in [0.15, 0.2) is 0 Å². The van der Waals surface area contributed by atoms with Crippen molar-refractivity contribution in [2.75, 3.05) is 26.0 Å². The van der Waals surface area contributed by atoms with Crippen molar-refractivity contribution in [3.8, 4) is 6.07 Å². The van der Waals surface area contributed by atoms with Crippen LogP contribution in [-0.4, -0.2) is 48.6 Å². The first-order chi connectivity index (χ1) is 14.4. The third-order valence-corrected chi connectivity index (χ3v) is 5.77. The summed E-state index contributed by atoms with van der Waals surface area (Å²) in [5.41, 5.74) is 1.59. The third kappa shape index (κ3) is 5.86. The van der Waals surface area contributed by atoms with E-state index in [0.717, 1.165) is 18.4 Å². The molecule has 1 heterocycles. The lowest BCUT2D eigenvalue weighted by molar-refractivity contribution is -0.128. The van der Waals surface area contributed by atoms with Gasteiger partial charge in [0.1, 0.15) is 0 Å². The van der Waals surface area contributed by atoms with Crippen LogP contribution in [0.4, 0.5) is 0 Å². The molecule has 0 spiro atoms. The zero-order valence-corrected chi connectivity index (χ0v) is 18.4. The molecule has 0 aliphatic carbocycles. The lowest BCUT2D eigenvalue weighted by atomic mass is 9.87. The number of amides is 2. The number of hydrogen-bond donors (Lipinski definition) is 1. The predicted octanol–water partition coefficient (Wildman–Crippen LogP) is 3.19. The Balaban J connectivity index is 2.22. The quantitative estimate of drug-likeness (QED) is 0.605. The van der Waals surface area contributed by atoms with Gasteiger partial charge in [0, 0.05) is 25.4 Å². The summed E-state index contributed by atoms with van der Waals surface area (Å²) >= 11 is 1.19. The maximum atomic E-state index is 12.6. The molecule has 1 aromatic rings. The van der Waals surface area contributed by atoms with Crippen molar-refractivity contribution >= 4 is 29.5 Å². The maximum Gasteiger partial charge on any atom is 0.337 e. The first kappa shape index (κ1) is 23.5. The molecule has 2 rings (SSSR count). The predicted molar refractivity (Wildman–Crippen MR) is 116 cm³/mol. The van der Waals surface area contributed by atoms with E-state index in [-0.39, 0.29) is 24.0 Å². The SMILES string of the molecule is CCCN(CCC)C(=O)CSC1=C(C#N)[C@@H](c2ccc(C(=O)OC)cc2)CC(=O)N1. The Morgan fingerprint density at radius 1 is 1.23 bits per heavy atom. The van der Waals surface area contributed by atoms with E-state index in [1.54, 1.807) is 24.3 Å². The zero-order chi connectivity index (χ0) is 22.1. The van der Waals surface area contributed by atoms with Crippen LogP contribution in [0.5, 0.6) is 0 Å². The van der Waals surface area contributed by atoms with Crippen molar-refractivity contribution in [2.24, 2.45) is 0 Å². The Morgan fingerprint density at radius 3 is 2.40 bits per heavy atom. The molecule has 160 valence electrons. The van der Waals surface area contributed by atoms with E-state index in [9.17, 15) is 19.6 Å². The van der Waals surface area contributed by atoms with Gasteiger partial charge >= 0.3 is 5.97 Å². The van der Waals surface area contributed by atoms with Crippen LogP contribution in [-0.2, 0) is 14.3 Å². The van der Waals surface area contributed by atoms with Crippen molar-refractivity contribution in [2.45, 2.75) is 39.0 Å². The number of thioether (sulfide) groups is 1. The lowest BCUT2D eigenvalue weighted by Gasteiger charge is -2.26. The van der Waals surface area contributed by atoms with E-state index in [2.05, 4.69) is 11.4 Å². The Bertz CT molecular complexity index is 852. The molecule has 0 saturated heterocycles. The molecule has 0 fully saturated rings. The number of hydrogen-bond acceptors (Lipinski definition) is 6. The smallest absolute Gasteiger partial charge is 0.337 e. The molecule has 0 saturated carbocycles. The first-order valence-corrected chi connectivity index (χ1v) is 11.0. The highest BCUT2D eigenvalue weighted by Crippen LogP contribution is 2.36. The molecule has 7 nitrogen and oxygen atoms in total. The summed E-state index contributed by atoms with van der Waals surface area (Å²) in [4.78, 5) is 38.3. The van der Waals surface area contributed by atoms with Crippen molar-refractivity contribution in [3.05, 3.63) is 46.0 Å². The van der Waals surface area contributed by atoms with Crippen LogP contribution in [0.15, 0.2) is 34.9 Å². The van der Waals surface area contributed by atoms with Crippen LogP contribution in [0.25, 0.3) is 0 Å². The maximum absolute atomic E-state index is 12.6. The molecule has 8 heteroatoms.